The fourth-order valence-electron chi connectivity index (χ4n) is 3.10. The van der Waals surface area contributed by atoms with Crippen molar-refractivity contribution in [1.82, 2.24) is 9.78 Å². The van der Waals surface area contributed by atoms with Crippen LogP contribution in [0.3, 0.4) is 0 Å². The molecule has 1 heterocycles. The minimum Gasteiger partial charge on any atom is -0.383 e. The SMILES string of the molecule is COCCn1ncc(Br)c1C(=O)C1CCCCC1(C)C. The molecule has 0 spiro atoms. The minimum atomic E-state index is 0.0745. The van der Waals surface area contributed by atoms with Crippen molar-refractivity contribution in [3.8, 4) is 0 Å². The lowest BCUT2D eigenvalue weighted by Crippen LogP contribution is -2.35. The molecule has 20 heavy (non-hydrogen) atoms. The lowest BCUT2D eigenvalue weighted by molar-refractivity contribution is 0.0682. The molecular weight excluding hydrogens is 320 g/mol. The summed E-state index contributed by atoms with van der Waals surface area (Å²) in [7, 11) is 1.66. The number of methoxy groups -OCH3 is 1. The van der Waals surface area contributed by atoms with Crippen molar-refractivity contribution in [2.24, 2.45) is 11.3 Å². The molecule has 0 amide bonds. The first-order valence-corrected chi connectivity index (χ1v) is 8.01. The molecule has 0 N–H and O–H groups in total. The Morgan fingerprint density at radius 3 is 2.95 bits per heavy atom. The number of halogens is 1. The summed E-state index contributed by atoms with van der Waals surface area (Å²) in [5.74, 6) is 0.306. The Morgan fingerprint density at radius 2 is 2.30 bits per heavy atom. The monoisotopic (exact) mass is 342 g/mol. The summed E-state index contributed by atoms with van der Waals surface area (Å²) in [5, 5.41) is 4.29. The molecule has 112 valence electrons. The number of ether oxygens (including phenoxy) is 1. The predicted molar refractivity (Wildman–Crippen MR) is 81.9 cm³/mol. The van der Waals surface area contributed by atoms with Gasteiger partial charge in [0.2, 0.25) is 0 Å². The second-order valence-electron chi connectivity index (χ2n) is 6.21. The number of carbonyl (C=O) groups is 1. The van der Waals surface area contributed by atoms with E-state index < -0.39 is 0 Å². The van der Waals surface area contributed by atoms with Gasteiger partial charge >= 0.3 is 0 Å². The van der Waals surface area contributed by atoms with Gasteiger partial charge in [0.25, 0.3) is 0 Å². The van der Waals surface area contributed by atoms with Crippen LogP contribution in [0.4, 0.5) is 0 Å². The van der Waals surface area contributed by atoms with Gasteiger partial charge in [-0.1, -0.05) is 26.7 Å². The zero-order chi connectivity index (χ0) is 14.8. The molecule has 0 saturated heterocycles. The van der Waals surface area contributed by atoms with Crippen LogP contribution in [0.2, 0.25) is 0 Å². The van der Waals surface area contributed by atoms with E-state index in [1.54, 1.807) is 18.0 Å². The largest absolute Gasteiger partial charge is 0.383 e. The van der Waals surface area contributed by atoms with E-state index in [2.05, 4.69) is 34.9 Å². The molecule has 1 atom stereocenters. The van der Waals surface area contributed by atoms with Crippen LogP contribution >= 0.6 is 15.9 Å². The summed E-state index contributed by atoms with van der Waals surface area (Å²) >= 11 is 3.47. The summed E-state index contributed by atoms with van der Waals surface area (Å²) in [5.41, 5.74) is 0.771. The molecule has 1 saturated carbocycles. The smallest absolute Gasteiger partial charge is 0.185 e. The molecule has 5 heteroatoms. The molecule has 0 bridgehead atoms. The first kappa shape index (κ1) is 15.7. The molecule has 0 aromatic carbocycles. The van der Waals surface area contributed by atoms with Gasteiger partial charge in [-0.2, -0.15) is 5.10 Å². The average molecular weight is 343 g/mol. The van der Waals surface area contributed by atoms with Gasteiger partial charge in [-0.05, 0) is 34.2 Å². The fourth-order valence-corrected chi connectivity index (χ4v) is 3.59. The van der Waals surface area contributed by atoms with Crippen LogP contribution in [0.15, 0.2) is 10.7 Å². The van der Waals surface area contributed by atoms with Gasteiger partial charge in [-0.25, -0.2) is 0 Å². The molecule has 1 unspecified atom stereocenters. The Kier molecular flexibility index (Phi) is 5.02. The Balaban J connectivity index is 2.26. The number of hydrogen-bond acceptors (Lipinski definition) is 3. The second-order valence-corrected chi connectivity index (χ2v) is 7.06. The molecule has 4 nitrogen and oxygen atoms in total. The quantitative estimate of drug-likeness (QED) is 0.766. The maximum absolute atomic E-state index is 12.9. The van der Waals surface area contributed by atoms with E-state index in [0.717, 1.165) is 23.7 Å². The highest BCUT2D eigenvalue weighted by Gasteiger charge is 2.39. The number of Topliss-reactive ketones (excluding diaryl/α,β-unsaturated/α-hetero) is 1. The highest BCUT2D eigenvalue weighted by Crippen LogP contribution is 2.42. The summed E-state index contributed by atoms with van der Waals surface area (Å²) in [4.78, 5) is 12.9. The Hall–Kier alpha value is -0.680. The maximum atomic E-state index is 12.9. The van der Waals surface area contributed by atoms with E-state index in [1.807, 2.05) is 0 Å². The standard InChI is InChI=1S/C15H23BrN2O2/c1-15(2)7-5-4-6-11(15)14(19)13-12(16)10-17-18(13)8-9-20-3/h10-11H,4-9H2,1-3H3. The van der Waals surface area contributed by atoms with Gasteiger partial charge in [0, 0.05) is 13.0 Å². The number of hydrogen-bond donors (Lipinski definition) is 0. The number of aromatic nitrogens is 2. The third-order valence-corrected chi connectivity index (χ3v) is 4.94. The molecule has 1 fully saturated rings. The van der Waals surface area contributed by atoms with E-state index in [0.29, 0.717) is 18.8 Å². The first-order valence-electron chi connectivity index (χ1n) is 7.22. The number of ketones is 1. The Bertz CT molecular complexity index is 482. The molecule has 0 aliphatic heterocycles. The van der Waals surface area contributed by atoms with Crippen LogP contribution in [0.25, 0.3) is 0 Å². The van der Waals surface area contributed by atoms with E-state index in [1.165, 1.54) is 6.42 Å². The van der Waals surface area contributed by atoms with Crippen molar-refractivity contribution in [3.05, 3.63) is 16.4 Å². The fraction of sp³-hybridized carbons (Fsp3) is 0.733. The zero-order valence-electron chi connectivity index (χ0n) is 12.5. The number of nitrogens with zero attached hydrogens (tertiary/aromatic N) is 2. The van der Waals surface area contributed by atoms with E-state index >= 15 is 0 Å². The van der Waals surface area contributed by atoms with E-state index in [-0.39, 0.29) is 17.1 Å². The minimum absolute atomic E-state index is 0.0745. The summed E-state index contributed by atoms with van der Waals surface area (Å²) in [6.45, 7) is 5.58. The third-order valence-electron chi connectivity index (χ3n) is 4.36. The normalized spacial score (nSPS) is 21.9. The third kappa shape index (κ3) is 3.14. The van der Waals surface area contributed by atoms with Crippen molar-refractivity contribution in [2.45, 2.75) is 46.1 Å². The molecule has 1 aromatic heterocycles. The van der Waals surface area contributed by atoms with Crippen LogP contribution < -0.4 is 0 Å². The van der Waals surface area contributed by atoms with E-state index in [9.17, 15) is 4.79 Å². The maximum Gasteiger partial charge on any atom is 0.185 e. The second kappa shape index (κ2) is 6.39. The zero-order valence-corrected chi connectivity index (χ0v) is 14.1. The van der Waals surface area contributed by atoms with Crippen molar-refractivity contribution < 1.29 is 9.53 Å². The van der Waals surface area contributed by atoms with Crippen LogP contribution in [0.5, 0.6) is 0 Å². The molecule has 1 aliphatic carbocycles. The van der Waals surface area contributed by atoms with Crippen molar-refractivity contribution in [3.63, 3.8) is 0 Å². The number of carbonyl (C=O) groups excluding carboxylic acids is 1. The summed E-state index contributed by atoms with van der Waals surface area (Å²) < 4.78 is 7.64. The average Bonchev–Trinajstić information content (AvgIpc) is 2.76. The van der Waals surface area contributed by atoms with Gasteiger partial charge in [0.15, 0.2) is 5.78 Å². The van der Waals surface area contributed by atoms with Crippen LogP contribution in [0, 0.1) is 11.3 Å². The first-order chi connectivity index (χ1) is 9.47. The van der Waals surface area contributed by atoms with Gasteiger partial charge in [-0.15, -0.1) is 0 Å². The van der Waals surface area contributed by atoms with Crippen LogP contribution in [0.1, 0.15) is 50.0 Å². The molecule has 2 rings (SSSR count). The molecule has 1 aromatic rings. The molecule has 0 radical (unpaired) electrons. The van der Waals surface area contributed by atoms with Crippen LogP contribution in [-0.4, -0.2) is 29.3 Å². The Labute approximate surface area is 129 Å². The van der Waals surface area contributed by atoms with Crippen LogP contribution in [-0.2, 0) is 11.3 Å². The van der Waals surface area contributed by atoms with E-state index in [4.69, 9.17) is 4.74 Å². The molecule has 1 aliphatic rings. The van der Waals surface area contributed by atoms with Crippen molar-refractivity contribution >= 4 is 21.7 Å². The topological polar surface area (TPSA) is 44.1 Å². The van der Waals surface area contributed by atoms with Gasteiger partial charge in [0.1, 0.15) is 5.69 Å². The summed E-state index contributed by atoms with van der Waals surface area (Å²) in [6.07, 6.45) is 6.17. The predicted octanol–water partition coefficient (Wildman–Crippen LogP) is 3.69. The van der Waals surface area contributed by atoms with Gasteiger partial charge < -0.3 is 4.74 Å². The number of rotatable bonds is 5. The highest BCUT2D eigenvalue weighted by molar-refractivity contribution is 9.10. The lowest BCUT2D eigenvalue weighted by Gasteiger charge is -2.37. The lowest BCUT2D eigenvalue weighted by atomic mass is 9.67. The van der Waals surface area contributed by atoms with Crippen molar-refractivity contribution in [2.75, 3.05) is 13.7 Å². The summed E-state index contributed by atoms with van der Waals surface area (Å²) in [6, 6.07) is 0. The van der Waals surface area contributed by atoms with Gasteiger partial charge in [-0.3, -0.25) is 9.48 Å². The Morgan fingerprint density at radius 1 is 1.55 bits per heavy atom. The van der Waals surface area contributed by atoms with Gasteiger partial charge in [0.05, 0.1) is 23.8 Å². The van der Waals surface area contributed by atoms with Crippen molar-refractivity contribution in [1.29, 1.82) is 0 Å². The molecular formula is C15H23BrN2O2. The highest BCUT2D eigenvalue weighted by atomic mass is 79.9.